The second-order valence-electron chi connectivity index (χ2n) is 2.98. The first-order chi connectivity index (χ1) is 6.70. The Bertz CT molecular complexity index is 470. The van der Waals surface area contributed by atoms with Crippen molar-refractivity contribution in [2.24, 2.45) is 0 Å². The number of nitrogens with zero attached hydrogens (tertiary/aromatic N) is 1. The number of thiophene rings is 1. The number of carbonyl (C=O) groups is 1. The minimum atomic E-state index is 0.637. The largest absolute Gasteiger partial charge is 0.441 e. The highest BCUT2D eigenvalue weighted by molar-refractivity contribution is 7.14. The molecule has 0 amide bonds. The first-order valence-electron chi connectivity index (χ1n) is 4.19. The van der Waals surface area contributed by atoms with Crippen molar-refractivity contribution in [3.8, 4) is 11.3 Å². The third kappa shape index (κ3) is 1.48. The van der Waals surface area contributed by atoms with Gasteiger partial charge >= 0.3 is 0 Å². The molecule has 2 aromatic heterocycles. The first-order valence-corrected chi connectivity index (χ1v) is 5.01. The predicted octanol–water partition coefficient (Wildman–Crippen LogP) is 2.83. The van der Waals surface area contributed by atoms with Crippen LogP contribution in [-0.2, 0) is 0 Å². The molecule has 3 nitrogen and oxygen atoms in total. The van der Waals surface area contributed by atoms with Gasteiger partial charge in [0.05, 0.1) is 11.1 Å². The zero-order valence-corrected chi connectivity index (χ0v) is 8.72. The van der Waals surface area contributed by atoms with Gasteiger partial charge in [0, 0.05) is 17.4 Å². The SMILES string of the molecule is Cc1ncc(-c2cc(C=O)sc2C)o1. The molecular weight excluding hydrogens is 198 g/mol. The van der Waals surface area contributed by atoms with Gasteiger partial charge in [0.25, 0.3) is 0 Å². The highest BCUT2D eigenvalue weighted by Gasteiger charge is 2.10. The lowest BCUT2D eigenvalue weighted by Gasteiger charge is -1.91. The number of oxazole rings is 1. The lowest BCUT2D eigenvalue weighted by atomic mass is 10.2. The van der Waals surface area contributed by atoms with Crippen molar-refractivity contribution in [1.29, 1.82) is 0 Å². The van der Waals surface area contributed by atoms with Crippen LogP contribution >= 0.6 is 11.3 Å². The van der Waals surface area contributed by atoms with Crippen molar-refractivity contribution in [1.82, 2.24) is 4.98 Å². The van der Waals surface area contributed by atoms with Crippen LogP contribution in [0.25, 0.3) is 11.3 Å². The van der Waals surface area contributed by atoms with Gasteiger partial charge in [-0.1, -0.05) is 0 Å². The Hall–Kier alpha value is -1.42. The number of aryl methyl sites for hydroxylation is 2. The summed E-state index contributed by atoms with van der Waals surface area (Å²) < 4.78 is 5.39. The minimum Gasteiger partial charge on any atom is -0.441 e. The highest BCUT2D eigenvalue weighted by atomic mass is 32.1. The first kappa shape index (κ1) is 9.15. The average molecular weight is 207 g/mol. The van der Waals surface area contributed by atoms with Crippen LogP contribution in [0.5, 0.6) is 0 Å². The van der Waals surface area contributed by atoms with Crippen LogP contribution in [0.4, 0.5) is 0 Å². The van der Waals surface area contributed by atoms with Gasteiger partial charge in [-0.15, -0.1) is 11.3 Å². The highest BCUT2D eigenvalue weighted by Crippen LogP contribution is 2.30. The van der Waals surface area contributed by atoms with Crippen LogP contribution < -0.4 is 0 Å². The molecule has 0 aliphatic carbocycles. The predicted molar refractivity (Wildman–Crippen MR) is 54.7 cm³/mol. The number of hydrogen-bond donors (Lipinski definition) is 0. The van der Waals surface area contributed by atoms with E-state index in [1.165, 1.54) is 11.3 Å². The molecule has 2 heterocycles. The molecule has 0 fully saturated rings. The van der Waals surface area contributed by atoms with Crippen molar-refractivity contribution in [3.63, 3.8) is 0 Å². The molecule has 0 bridgehead atoms. The molecule has 0 radical (unpaired) electrons. The smallest absolute Gasteiger partial charge is 0.191 e. The van der Waals surface area contributed by atoms with E-state index < -0.39 is 0 Å². The van der Waals surface area contributed by atoms with Crippen molar-refractivity contribution < 1.29 is 9.21 Å². The maximum atomic E-state index is 10.6. The number of carbonyl (C=O) groups excluding carboxylic acids is 1. The summed E-state index contributed by atoms with van der Waals surface area (Å²) in [7, 11) is 0. The number of aldehydes is 1. The van der Waals surface area contributed by atoms with Gasteiger partial charge in [-0.2, -0.15) is 0 Å². The Kier molecular flexibility index (Phi) is 2.21. The second-order valence-corrected chi connectivity index (χ2v) is 4.27. The van der Waals surface area contributed by atoms with Crippen molar-refractivity contribution in [3.05, 3.63) is 27.9 Å². The molecule has 4 heteroatoms. The molecule has 0 unspecified atom stereocenters. The fourth-order valence-corrected chi connectivity index (χ4v) is 2.14. The van der Waals surface area contributed by atoms with Crippen LogP contribution in [0, 0.1) is 13.8 Å². The van der Waals surface area contributed by atoms with Gasteiger partial charge in [-0.05, 0) is 13.0 Å². The maximum absolute atomic E-state index is 10.6. The normalized spacial score (nSPS) is 10.4. The monoisotopic (exact) mass is 207 g/mol. The van der Waals surface area contributed by atoms with E-state index in [-0.39, 0.29) is 0 Å². The van der Waals surface area contributed by atoms with Crippen LogP contribution in [0.2, 0.25) is 0 Å². The summed E-state index contributed by atoms with van der Waals surface area (Å²) in [6.45, 7) is 3.76. The molecule has 0 saturated heterocycles. The van der Waals surface area contributed by atoms with E-state index in [0.717, 1.165) is 22.5 Å². The van der Waals surface area contributed by atoms with Gasteiger partial charge < -0.3 is 4.42 Å². The molecule has 14 heavy (non-hydrogen) atoms. The van der Waals surface area contributed by atoms with Gasteiger partial charge in [0.15, 0.2) is 17.9 Å². The van der Waals surface area contributed by atoms with Crippen molar-refractivity contribution in [2.45, 2.75) is 13.8 Å². The average Bonchev–Trinajstić information content (AvgIpc) is 2.71. The topological polar surface area (TPSA) is 43.1 Å². The molecule has 2 rings (SSSR count). The summed E-state index contributed by atoms with van der Waals surface area (Å²) in [6, 6.07) is 1.83. The summed E-state index contributed by atoms with van der Waals surface area (Å²) in [5.41, 5.74) is 0.956. The number of rotatable bonds is 2. The Balaban J connectivity index is 2.50. The molecule has 0 atom stereocenters. The fraction of sp³-hybridized carbons (Fsp3) is 0.200. The summed E-state index contributed by atoms with van der Waals surface area (Å²) in [6.07, 6.45) is 2.53. The molecular formula is C10H9NO2S. The van der Waals surface area contributed by atoms with Crippen molar-refractivity contribution >= 4 is 17.6 Å². The Labute approximate surface area is 85.4 Å². The lowest BCUT2D eigenvalue weighted by molar-refractivity contribution is 0.112. The molecule has 2 aromatic rings. The maximum Gasteiger partial charge on any atom is 0.191 e. The van der Waals surface area contributed by atoms with E-state index in [0.29, 0.717) is 10.8 Å². The zero-order valence-electron chi connectivity index (χ0n) is 7.90. The van der Waals surface area contributed by atoms with Crippen LogP contribution in [0.3, 0.4) is 0 Å². The molecule has 0 aromatic carbocycles. The molecule has 0 saturated carbocycles. The van der Waals surface area contributed by atoms with Crippen molar-refractivity contribution in [2.75, 3.05) is 0 Å². The standard InChI is InChI=1S/C10H9NO2S/c1-6-9(3-8(5-12)14-6)10-4-11-7(2)13-10/h3-5H,1-2H3. The Morgan fingerprint density at radius 1 is 1.50 bits per heavy atom. The Morgan fingerprint density at radius 3 is 2.79 bits per heavy atom. The van der Waals surface area contributed by atoms with Gasteiger partial charge in [0.1, 0.15) is 0 Å². The third-order valence-corrected chi connectivity index (χ3v) is 2.92. The van der Waals surface area contributed by atoms with E-state index in [9.17, 15) is 4.79 Å². The van der Waals surface area contributed by atoms with Crippen LogP contribution in [0.1, 0.15) is 20.4 Å². The molecule has 0 spiro atoms. The molecule has 0 aliphatic rings. The minimum absolute atomic E-state index is 0.637. The number of aromatic nitrogens is 1. The van der Waals surface area contributed by atoms with Crippen LogP contribution in [-0.4, -0.2) is 11.3 Å². The van der Waals surface area contributed by atoms with Gasteiger partial charge in [-0.3, -0.25) is 4.79 Å². The second kappa shape index (κ2) is 3.38. The van der Waals surface area contributed by atoms with E-state index >= 15 is 0 Å². The van der Waals surface area contributed by atoms with Gasteiger partial charge in [-0.25, -0.2) is 4.98 Å². The van der Waals surface area contributed by atoms with E-state index in [1.807, 2.05) is 13.0 Å². The molecule has 72 valence electrons. The zero-order chi connectivity index (χ0) is 10.1. The lowest BCUT2D eigenvalue weighted by Crippen LogP contribution is -1.71. The van der Waals surface area contributed by atoms with Crippen LogP contribution in [0.15, 0.2) is 16.7 Å². The molecule has 0 N–H and O–H groups in total. The van der Waals surface area contributed by atoms with E-state index in [1.54, 1.807) is 13.1 Å². The summed E-state index contributed by atoms with van der Waals surface area (Å²) >= 11 is 1.46. The quantitative estimate of drug-likeness (QED) is 0.711. The third-order valence-electron chi connectivity index (χ3n) is 1.94. The Morgan fingerprint density at radius 2 is 2.29 bits per heavy atom. The summed E-state index contributed by atoms with van der Waals surface area (Å²) in [5.74, 6) is 1.36. The fourth-order valence-electron chi connectivity index (χ4n) is 1.29. The number of hydrogen-bond acceptors (Lipinski definition) is 4. The van der Waals surface area contributed by atoms with E-state index in [4.69, 9.17) is 4.42 Å². The van der Waals surface area contributed by atoms with E-state index in [2.05, 4.69) is 4.98 Å². The summed E-state index contributed by atoms with van der Waals surface area (Å²) in [5, 5.41) is 0. The van der Waals surface area contributed by atoms with Gasteiger partial charge in [0.2, 0.25) is 0 Å². The summed E-state index contributed by atoms with van der Waals surface area (Å²) in [4.78, 5) is 16.4. The molecule has 0 aliphatic heterocycles.